The molecule has 0 bridgehead atoms. The number of rotatable bonds is 6. The first-order valence-corrected chi connectivity index (χ1v) is 15.2. The van der Waals surface area contributed by atoms with Gasteiger partial charge in [0.25, 0.3) is 0 Å². The standard InChI is InChI=1S/C33H38N4O7/c1-36(2)27-21-15-18-14-20-22(35-19-10-12-37(13-11-19)16-17-6-4-3-5-7-17)8-9-23(38)25(20)28(39)24(18)30(41)33(21,44)31(42)26(29(27)40)32(34)43/h3-9,18-19,21,24,26-27,35,38,44H,10-16H2,1-2H3,(H2,34,43)/t18-,21-,24?,26?,27-,33-/m0/s1. The predicted molar refractivity (Wildman–Crippen MR) is 160 cm³/mol. The highest BCUT2D eigenvalue weighted by atomic mass is 16.3. The van der Waals surface area contributed by atoms with E-state index < -0.39 is 64.4 Å². The van der Waals surface area contributed by atoms with Crippen LogP contribution in [-0.2, 0) is 32.1 Å². The Hall–Kier alpha value is -3.93. The van der Waals surface area contributed by atoms with Gasteiger partial charge in [0.15, 0.2) is 34.7 Å². The predicted octanol–water partition coefficient (Wildman–Crippen LogP) is 0.944. The van der Waals surface area contributed by atoms with E-state index in [-0.39, 0.29) is 30.2 Å². The number of ketones is 4. The summed E-state index contributed by atoms with van der Waals surface area (Å²) >= 11 is 0. The Bertz CT molecular complexity index is 1530. The largest absolute Gasteiger partial charge is 0.507 e. The lowest BCUT2D eigenvalue weighted by molar-refractivity contribution is -0.181. The summed E-state index contributed by atoms with van der Waals surface area (Å²) in [4.78, 5) is 70.7. The van der Waals surface area contributed by atoms with Gasteiger partial charge in [-0.25, -0.2) is 0 Å². The van der Waals surface area contributed by atoms with Crippen molar-refractivity contribution in [3.8, 4) is 5.75 Å². The second-order valence-electron chi connectivity index (χ2n) is 13.0. The summed E-state index contributed by atoms with van der Waals surface area (Å²) in [5.74, 6) is -10.4. The molecule has 11 nitrogen and oxygen atoms in total. The number of piperidine rings is 1. The summed E-state index contributed by atoms with van der Waals surface area (Å²) in [6.07, 6.45) is 2.02. The number of anilines is 1. The van der Waals surface area contributed by atoms with Gasteiger partial charge in [-0.1, -0.05) is 30.3 Å². The summed E-state index contributed by atoms with van der Waals surface area (Å²) in [5.41, 5.74) is 5.21. The Labute approximate surface area is 255 Å². The minimum absolute atomic E-state index is 0.00288. The molecule has 1 amide bonds. The lowest BCUT2D eigenvalue weighted by atomic mass is 9.52. The molecule has 2 unspecified atom stereocenters. The number of nitrogens with zero attached hydrogens (tertiary/aromatic N) is 2. The molecule has 1 aliphatic heterocycles. The number of phenolic OH excluding ortho intramolecular Hbond substituents is 1. The quantitative estimate of drug-likeness (QED) is 0.276. The molecule has 6 rings (SSSR count). The number of fused-ring (bicyclic) bond motifs is 3. The Kier molecular flexibility index (Phi) is 7.67. The molecule has 1 heterocycles. The Morgan fingerprint density at radius 3 is 2.36 bits per heavy atom. The monoisotopic (exact) mass is 602 g/mol. The number of likely N-dealkylation sites (tertiary alicyclic amines) is 1. The van der Waals surface area contributed by atoms with Gasteiger partial charge < -0.3 is 21.3 Å². The van der Waals surface area contributed by atoms with Crippen molar-refractivity contribution < 1.29 is 34.2 Å². The van der Waals surface area contributed by atoms with Crippen molar-refractivity contribution in [1.82, 2.24) is 9.80 Å². The fourth-order valence-electron chi connectivity index (χ4n) is 8.04. The van der Waals surface area contributed by atoms with Crippen LogP contribution in [0.3, 0.4) is 0 Å². The first-order valence-electron chi connectivity index (χ1n) is 15.2. The van der Waals surface area contributed by atoms with Crippen molar-refractivity contribution in [3.63, 3.8) is 0 Å². The van der Waals surface area contributed by atoms with Gasteiger partial charge in [0, 0.05) is 37.3 Å². The summed E-state index contributed by atoms with van der Waals surface area (Å²) in [6.45, 7) is 2.66. The number of hydrogen-bond acceptors (Lipinski definition) is 10. The van der Waals surface area contributed by atoms with Gasteiger partial charge in [0.2, 0.25) is 5.91 Å². The van der Waals surface area contributed by atoms with Gasteiger partial charge in [-0.05, 0) is 69.0 Å². The summed E-state index contributed by atoms with van der Waals surface area (Å²) in [6, 6.07) is 12.5. The summed E-state index contributed by atoms with van der Waals surface area (Å²) in [7, 11) is 3.14. The van der Waals surface area contributed by atoms with Crippen LogP contribution in [0.5, 0.6) is 5.75 Å². The van der Waals surface area contributed by atoms with Gasteiger partial charge in [0.05, 0.1) is 17.5 Å². The zero-order valence-corrected chi connectivity index (χ0v) is 24.9. The van der Waals surface area contributed by atoms with Crippen molar-refractivity contribution in [2.24, 2.45) is 29.4 Å². The molecule has 3 aliphatic carbocycles. The van der Waals surface area contributed by atoms with E-state index in [2.05, 4.69) is 22.3 Å². The Balaban J connectivity index is 1.27. The molecule has 1 saturated heterocycles. The number of benzene rings is 2. The van der Waals surface area contributed by atoms with Gasteiger partial charge in [0.1, 0.15) is 5.75 Å². The van der Waals surface area contributed by atoms with Gasteiger partial charge in [-0.15, -0.1) is 0 Å². The fourth-order valence-corrected chi connectivity index (χ4v) is 8.04. The number of nitrogens with two attached hydrogens (primary N) is 1. The van der Waals surface area contributed by atoms with Crippen LogP contribution in [0, 0.1) is 23.7 Å². The molecule has 0 radical (unpaired) electrons. The first kappa shape index (κ1) is 30.1. The zero-order valence-electron chi connectivity index (χ0n) is 24.9. The van der Waals surface area contributed by atoms with Crippen LogP contribution in [0.4, 0.5) is 5.69 Å². The summed E-state index contributed by atoms with van der Waals surface area (Å²) < 4.78 is 0. The molecule has 5 N–H and O–H groups in total. The Morgan fingerprint density at radius 2 is 1.73 bits per heavy atom. The van der Waals surface area contributed by atoms with E-state index >= 15 is 0 Å². The SMILES string of the molecule is CN(C)[C@@H]1C(=O)C(C(N)=O)C(=O)[C@@]2(O)C(=O)C3C(=O)c4c(O)ccc(NC5CCN(Cc6ccccc6)CC5)c4C[C@H]3C[C@@H]12. The van der Waals surface area contributed by atoms with Crippen LogP contribution in [-0.4, -0.2) is 93.9 Å². The third kappa shape index (κ3) is 4.74. The molecule has 11 heteroatoms. The molecular weight excluding hydrogens is 564 g/mol. The number of hydrogen-bond donors (Lipinski definition) is 4. The number of phenols is 1. The molecule has 2 aromatic carbocycles. The molecule has 44 heavy (non-hydrogen) atoms. The maximum atomic E-state index is 14.0. The van der Waals surface area contributed by atoms with E-state index in [0.717, 1.165) is 32.5 Å². The first-order chi connectivity index (χ1) is 20.9. The number of aromatic hydroxyl groups is 1. The smallest absolute Gasteiger partial charge is 0.235 e. The number of likely N-dealkylation sites (N-methyl/N-ethyl adjacent to an activating group) is 1. The molecule has 2 aromatic rings. The van der Waals surface area contributed by atoms with E-state index in [1.54, 1.807) is 20.2 Å². The molecule has 6 atom stereocenters. The van der Waals surface area contributed by atoms with Crippen LogP contribution in [0.1, 0.15) is 40.7 Å². The third-order valence-electron chi connectivity index (χ3n) is 10.1. The van der Waals surface area contributed by atoms with Crippen molar-refractivity contribution in [3.05, 3.63) is 59.2 Å². The van der Waals surface area contributed by atoms with Crippen molar-refractivity contribution in [1.29, 1.82) is 0 Å². The lowest BCUT2D eigenvalue weighted by Gasteiger charge is -2.52. The number of carbonyl (C=O) groups is 5. The van der Waals surface area contributed by atoms with Crippen LogP contribution < -0.4 is 11.1 Å². The number of carbonyl (C=O) groups excluding carboxylic acids is 5. The van der Waals surface area contributed by atoms with Gasteiger partial charge >= 0.3 is 0 Å². The van der Waals surface area contributed by atoms with Gasteiger partial charge in [-0.3, -0.25) is 33.8 Å². The van der Waals surface area contributed by atoms with Crippen LogP contribution in [0.15, 0.2) is 42.5 Å². The fraction of sp³-hybridized carbons (Fsp3) is 0.485. The van der Waals surface area contributed by atoms with E-state index in [4.69, 9.17) is 5.73 Å². The van der Waals surface area contributed by atoms with Crippen molar-refractivity contribution in [2.75, 3.05) is 32.5 Å². The average Bonchev–Trinajstić information content (AvgIpc) is 2.97. The molecule has 232 valence electrons. The van der Waals surface area contributed by atoms with E-state index in [1.165, 1.54) is 16.5 Å². The molecule has 0 aromatic heterocycles. The number of aliphatic hydroxyl groups is 1. The second-order valence-corrected chi connectivity index (χ2v) is 13.0. The van der Waals surface area contributed by atoms with Crippen molar-refractivity contribution in [2.45, 2.75) is 49.9 Å². The third-order valence-corrected chi connectivity index (χ3v) is 10.1. The highest BCUT2D eigenvalue weighted by molar-refractivity contribution is 6.32. The lowest BCUT2D eigenvalue weighted by Crippen LogP contribution is -2.74. The molecular formula is C33H38N4O7. The van der Waals surface area contributed by atoms with Crippen LogP contribution in [0.25, 0.3) is 0 Å². The second kappa shape index (κ2) is 11.2. The normalized spacial score (nSPS) is 31.0. The van der Waals surface area contributed by atoms with E-state index in [1.807, 2.05) is 18.2 Å². The number of Topliss-reactive ketones (excluding diaryl/α,β-unsaturated/α-hetero) is 4. The number of primary amides is 1. The molecule has 3 fully saturated rings. The van der Waals surface area contributed by atoms with Crippen LogP contribution >= 0.6 is 0 Å². The van der Waals surface area contributed by atoms with Crippen LogP contribution in [0.2, 0.25) is 0 Å². The van der Waals surface area contributed by atoms with Crippen molar-refractivity contribution >= 4 is 34.7 Å². The number of nitrogens with one attached hydrogen (secondary N) is 1. The maximum absolute atomic E-state index is 14.0. The van der Waals surface area contributed by atoms with E-state index in [9.17, 15) is 34.2 Å². The minimum atomic E-state index is -2.73. The number of amides is 1. The maximum Gasteiger partial charge on any atom is 0.235 e. The summed E-state index contributed by atoms with van der Waals surface area (Å²) in [5, 5.41) is 26.1. The average molecular weight is 603 g/mol. The zero-order chi connectivity index (χ0) is 31.5. The molecule has 0 spiro atoms. The molecule has 4 aliphatic rings. The topological polar surface area (TPSA) is 170 Å². The van der Waals surface area contributed by atoms with Gasteiger partial charge in [-0.2, -0.15) is 0 Å². The Morgan fingerprint density at radius 1 is 1.05 bits per heavy atom. The molecule has 2 saturated carbocycles. The van der Waals surface area contributed by atoms with E-state index in [0.29, 0.717) is 11.3 Å². The highest BCUT2D eigenvalue weighted by Gasteiger charge is 2.69. The minimum Gasteiger partial charge on any atom is -0.507 e. The highest BCUT2D eigenvalue weighted by Crippen LogP contribution is 2.51.